The summed E-state index contributed by atoms with van der Waals surface area (Å²) in [6, 6.07) is 5.27. The smallest absolute Gasteiger partial charge is 0.368 e. The fraction of sp³-hybridized carbons (Fsp3) is 0.368. The number of benzene rings is 1. The van der Waals surface area contributed by atoms with Crippen molar-refractivity contribution in [3.05, 3.63) is 53.2 Å². The van der Waals surface area contributed by atoms with Crippen LogP contribution in [0.2, 0.25) is 0 Å². The van der Waals surface area contributed by atoms with Gasteiger partial charge in [0.1, 0.15) is 5.82 Å². The minimum absolute atomic E-state index is 0.115. The highest BCUT2D eigenvalue weighted by molar-refractivity contribution is 7.80. The van der Waals surface area contributed by atoms with E-state index < -0.39 is 23.5 Å². The van der Waals surface area contributed by atoms with E-state index in [-0.39, 0.29) is 24.8 Å². The van der Waals surface area contributed by atoms with Gasteiger partial charge in [-0.25, -0.2) is 4.98 Å². The maximum atomic E-state index is 13.1. The number of pyridine rings is 1. The monoisotopic (exact) mass is 448 g/mol. The zero-order chi connectivity index (χ0) is 22.1. The number of nitrogens with zero attached hydrogens (tertiary/aromatic N) is 3. The molecule has 1 N–H and O–H groups in total. The molecule has 4 nitrogen and oxygen atoms in total. The van der Waals surface area contributed by atoms with E-state index in [9.17, 15) is 26.3 Å². The van der Waals surface area contributed by atoms with E-state index in [1.165, 1.54) is 4.90 Å². The Hall–Kier alpha value is -2.56. The second-order valence-corrected chi connectivity index (χ2v) is 7.27. The molecule has 11 heteroatoms. The van der Waals surface area contributed by atoms with Crippen molar-refractivity contribution in [2.75, 3.05) is 36.4 Å². The minimum Gasteiger partial charge on any atom is -0.368 e. The van der Waals surface area contributed by atoms with Gasteiger partial charge in [0.15, 0.2) is 5.11 Å². The van der Waals surface area contributed by atoms with Crippen molar-refractivity contribution in [3.8, 4) is 0 Å². The molecule has 0 unspecified atom stereocenters. The molecule has 1 aliphatic heterocycles. The molecular weight excluding hydrogens is 430 g/mol. The first-order valence-corrected chi connectivity index (χ1v) is 9.37. The first-order chi connectivity index (χ1) is 13.9. The first kappa shape index (κ1) is 22.1. The number of thiocarbonyl (C=S) groups is 1. The van der Waals surface area contributed by atoms with Gasteiger partial charge in [-0.2, -0.15) is 26.3 Å². The Bertz CT molecular complexity index is 888. The maximum Gasteiger partial charge on any atom is 0.416 e. The van der Waals surface area contributed by atoms with Crippen LogP contribution in [0.1, 0.15) is 16.7 Å². The fourth-order valence-electron chi connectivity index (χ4n) is 3.08. The molecule has 0 aliphatic carbocycles. The van der Waals surface area contributed by atoms with Crippen molar-refractivity contribution in [3.63, 3.8) is 0 Å². The molecule has 0 saturated carbocycles. The van der Waals surface area contributed by atoms with Gasteiger partial charge in [0.05, 0.1) is 11.1 Å². The summed E-state index contributed by atoms with van der Waals surface area (Å²) >= 11 is 5.35. The Kier molecular flexibility index (Phi) is 6.11. The second kappa shape index (κ2) is 8.29. The van der Waals surface area contributed by atoms with Crippen LogP contribution >= 0.6 is 12.2 Å². The molecule has 1 aromatic heterocycles. The summed E-state index contributed by atoms with van der Waals surface area (Å²) in [6.07, 6.45) is -8.11. The third-order valence-electron chi connectivity index (χ3n) is 4.65. The molecule has 30 heavy (non-hydrogen) atoms. The number of anilines is 2. The molecule has 1 aromatic carbocycles. The second-order valence-electron chi connectivity index (χ2n) is 6.89. The van der Waals surface area contributed by atoms with Gasteiger partial charge < -0.3 is 15.1 Å². The fourth-order valence-corrected chi connectivity index (χ4v) is 3.37. The molecule has 1 aliphatic rings. The maximum absolute atomic E-state index is 13.1. The lowest BCUT2D eigenvalue weighted by Crippen LogP contribution is -2.50. The molecule has 0 bridgehead atoms. The Labute approximate surface area is 174 Å². The van der Waals surface area contributed by atoms with Crippen molar-refractivity contribution in [2.45, 2.75) is 19.3 Å². The van der Waals surface area contributed by atoms with Crippen molar-refractivity contribution in [1.82, 2.24) is 9.88 Å². The van der Waals surface area contributed by atoms with Gasteiger partial charge in [-0.05, 0) is 55.0 Å². The van der Waals surface area contributed by atoms with Crippen LogP contribution in [0.15, 0.2) is 36.5 Å². The minimum atomic E-state index is -4.87. The number of aromatic nitrogens is 1. The van der Waals surface area contributed by atoms with Crippen LogP contribution in [0.5, 0.6) is 0 Å². The Morgan fingerprint density at radius 3 is 2.00 bits per heavy atom. The summed E-state index contributed by atoms with van der Waals surface area (Å²) in [5.41, 5.74) is -1.77. The van der Waals surface area contributed by atoms with Gasteiger partial charge in [0.25, 0.3) is 0 Å². The van der Waals surface area contributed by atoms with Gasteiger partial charge in [-0.3, -0.25) is 0 Å². The standard InChI is InChI=1S/C19H18F6N4S/c1-12-2-3-26-16(8-12)27-17(30)29-6-4-28(5-7-29)15-10-13(18(20,21)22)9-14(11-15)19(23,24)25/h2-3,8-11H,4-7H2,1H3,(H,26,27,30). The van der Waals surface area contributed by atoms with Gasteiger partial charge in [0.2, 0.25) is 0 Å². The highest BCUT2D eigenvalue weighted by Gasteiger charge is 2.37. The molecule has 1 saturated heterocycles. The van der Waals surface area contributed by atoms with Gasteiger partial charge in [0, 0.05) is 38.1 Å². The third-order valence-corrected chi connectivity index (χ3v) is 5.02. The number of aryl methyl sites for hydroxylation is 1. The summed E-state index contributed by atoms with van der Waals surface area (Å²) in [5, 5.41) is 3.39. The molecule has 0 atom stereocenters. The highest BCUT2D eigenvalue weighted by atomic mass is 32.1. The molecule has 2 aromatic rings. The molecule has 3 rings (SSSR count). The number of piperazine rings is 1. The first-order valence-electron chi connectivity index (χ1n) is 8.96. The number of hydrogen-bond donors (Lipinski definition) is 1. The van der Waals surface area contributed by atoms with Crippen molar-refractivity contribution in [2.24, 2.45) is 0 Å². The quantitative estimate of drug-likeness (QED) is 0.519. The lowest BCUT2D eigenvalue weighted by Gasteiger charge is -2.37. The molecule has 1 fully saturated rings. The van der Waals surface area contributed by atoms with E-state index in [2.05, 4.69) is 10.3 Å². The zero-order valence-corrected chi connectivity index (χ0v) is 16.6. The molecule has 162 valence electrons. The van der Waals surface area contributed by atoms with E-state index >= 15 is 0 Å². The largest absolute Gasteiger partial charge is 0.416 e. The highest BCUT2D eigenvalue weighted by Crippen LogP contribution is 2.38. The summed E-state index contributed by atoms with van der Waals surface area (Å²) < 4.78 is 78.5. The van der Waals surface area contributed by atoms with Crippen LogP contribution in [-0.2, 0) is 12.4 Å². The number of nitrogens with one attached hydrogen (secondary N) is 1. The number of hydrogen-bond acceptors (Lipinski definition) is 3. The Morgan fingerprint density at radius 1 is 0.933 bits per heavy atom. The van der Waals surface area contributed by atoms with E-state index in [4.69, 9.17) is 12.2 Å². The van der Waals surface area contributed by atoms with Crippen LogP contribution in [-0.4, -0.2) is 41.2 Å². The molecule has 0 radical (unpaired) electrons. The summed E-state index contributed by atoms with van der Waals surface area (Å²) in [6.45, 7) is 3.03. The normalized spacial score (nSPS) is 15.3. The predicted molar refractivity (Wildman–Crippen MR) is 105 cm³/mol. The van der Waals surface area contributed by atoms with Crippen molar-refractivity contribution < 1.29 is 26.3 Å². The van der Waals surface area contributed by atoms with E-state index in [1.54, 1.807) is 11.1 Å². The summed E-state index contributed by atoms with van der Waals surface area (Å²) in [5.74, 6) is 0.565. The predicted octanol–water partition coefficient (Wildman–Crippen LogP) is 4.95. The van der Waals surface area contributed by atoms with Crippen LogP contribution in [0.4, 0.5) is 37.8 Å². The van der Waals surface area contributed by atoms with Crippen molar-refractivity contribution in [1.29, 1.82) is 0 Å². The van der Waals surface area contributed by atoms with Crippen LogP contribution in [0.25, 0.3) is 0 Å². The number of rotatable bonds is 2. The Balaban J connectivity index is 1.72. The average molecular weight is 448 g/mol. The topological polar surface area (TPSA) is 31.4 Å². The summed E-state index contributed by atoms with van der Waals surface area (Å²) in [4.78, 5) is 7.45. The average Bonchev–Trinajstić information content (AvgIpc) is 2.66. The van der Waals surface area contributed by atoms with Crippen LogP contribution < -0.4 is 10.2 Å². The molecule has 0 spiro atoms. The van der Waals surface area contributed by atoms with Gasteiger partial charge >= 0.3 is 12.4 Å². The van der Waals surface area contributed by atoms with Crippen molar-refractivity contribution >= 4 is 28.8 Å². The van der Waals surface area contributed by atoms with E-state index in [0.717, 1.165) is 17.7 Å². The molecular formula is C19H18F6N4S. The lowest BCUT2D eigenvalue weighted by atomic mass is 10.1. The van der Waals surface area contributed by atoms with Crippen LogP contribution in [0.3, 0.4) is 0 Å². The van der Waals surface area contributed by atoms with Gasteiger partial charge in [-0.1, -0.05) is 0 Å². The van der Waals surface area contributed by atoms with E-state index in [1.807, 2.05) is 19.1 Å². The van der Waals surface area contributed by atoms with E-state index in [0.29, 0.717) is 24.0 Å². The molecule has 2 heterocycles. The molecule has 0 amide bonds. The number of alkyl halides is 6. The summed E-state index contributed by atoms with van der Waals surface area (Å²) in [7, 11) is 0. The van der Waals surface area contributed by atoms with Gasteiger partial charge in [-0.15, -0.1) is 0 Å². The zero-order valence-electron chi connectivity index (χ0n) is 15.8. The lowest BCUT2D eigenvalue weighted by molar-refractivity contribution is -0.143. The SMILES string of the molecule is Cc1ccnc(NC(=S)N2CCN(c3cc(C(F)(F)F)cc(C(F)(F)F)c3)CC2)c1. The number of halogens is 6. The third kappa shape index (κ3) is 5.32. The van der Waals surface area contributed by atoms with Crippen LogP contribution in [0, 0.1) is 6.92 Å². The Morgan fingerprint density at radius 2 is 1.50 bits per heavy atom.